The van der Waals surface area contributed by atoms with Gasteiger partial charge in [-0.25, -0.2) is 4.68 Å². The summed E-state index contributed by atoms with van der Waals surface area (Å²) < 4.78 is 2.90. The van der Waals surface area contributed by atoms with Crippen molar-refractivity contribution in [2.75, 3.05) is 31.1 Å². The number of fused-ring (bicyclic) bond motifs is 1. The van der Waals surface area contributed by atoms with Gasteiger partial charge in [-0.15, -0.1) is 11.3 Å². The van der Waals surface area contributed by atoms with E-state index in [0.717, 1.165) is 31.8 Å². The van der Waals surface area contributed by atoms with Gasteiger partial charge in [-0.2, -0.15) is 5.10 Å². The Morgan fingerprint density at radius 2 is 1.67 bits per heavy atom. The molecule has 168 valence electrons. The molecule has 1 aliphatic rings. The molecule has 10 heteroatoms. The van der Waals surface area contributed by atoms with Crippen molar-refractivity contribution in [3.05, 3.63) is 79.8 Å². The highest BCUT2D eigenvalue weighted by Gasteiger charge is 2.25. The van der Waals surface area contributed by atoms with Crippen LogP contribution in [0.4, 0.5) is 11.4 Å². The maximum atomic E-state index is 13.2. The third-order valence-corrected chi connectivity index (χ3v) is 7.45. The van der Waals surface area contributed by atoms with Crippen molar-refractivity contribution in [1.82, 2.24) is 14.7 Å². The van der Waals surface area contributed by atoms with E-state index in [2.05, 4.69) is 25.9 Å². The standard InChI is InChI=1S/C23H20BrN5O3S/c1-15-20-14-21(33-23(20)28(25-15)18-4-2-16(24)3-5-18)22(30)27-12-10-26(11-13-27)17-6-8-19(9-7-17)29(31)32/h2-9,14H,10-13H2,1H3. The van der Waals surface area contributed by atoms with Crippen molar-refractivity contribution in [2.45, 2.75) is 6.92 Å². The van der Waals surface area contributed by atoms with Gasteiger partial charge in [0.15, 0.2) is 0 Å². The second kappa shape index (κ2) is 8.60. The number of carbonyl (C=O) groups is 1. The number of non-ortho nitro benzene ring substituents is 1. The topological polar surface area (TPSA) is 84.5 Å². The van der Waals surface area contributed by atoms with Crippen LogP contribution in [0.25, 0.3) is 15.9 Å². The number of nitrogens with zero attached hydrogens (tertiary/aromatic N) is 5. The van der Waals surface area contributed by atoms with Crippen LogP contribution in [0.1, 0.15) is 15.4 Å². The molecule has 0 N–H and O–H groups in total. The van der Waals surface area contributed by atoms with E-state index in [-0.39, 0.29) is 11.6 Å². The van der Waals surface area contributed by atoms with Crippen LogP contribution in [0.2, 0.25) is 0 Å². The summed E-state index contributed by atoms with van der Waals surface area (Å²) >= 11 is 4.93. The number of aryl methyl sites for hydroxylation is 1. The summed E-state index contributed by atoms with van der Waals surface area (Å²) in [5, 5.41) is 16.5. The summed E-state index contributed by atoms with van der Waals surface area (Å²) in [6.45, 7) is 4.52. The normalized spacial score (nSPS) is 14.1. The van der Waals surface area contributed by atoms with Crippen molar-refractivity contribution >= 4 is 54.8 Å². The van der Waals surface area contributed by atoms with Crippen molar-refractivity contribution < 1.29 is 9.72 Å². The Hall–Kier alpha value is -3.24. The maximum absolute atomic E-state index is 13.2. The molecule has 0 bridgehead atoms. The summed E-state index contributed by atoms with van der Waals surface area (Å²) in [7, 11) is 0. The number of nitro benzene ring substituents is 1. The van der Waals surface area contributed by atoms with Crippen molar-refractivity contribution in [2.24, 2.45) is 0 Å². The molecule has 4 aromatic rings. The van der Waals surface area contributed by atoms with Gasteiger partial charge < -0.3 is 9.80 Å². The minimum atomic E-state index is -0.400. The van der Waals surface area contributed by atoms with Crippen LogP contribution in [0.15, 0.2) is 59.1 Å². The molecule has 0 aliphatic carbocycles. The zero-order chi connectivity index (χ0) is 23.1. The molecule has 1 amide bonds. The molecule has 1 fully saturated rings. The first-order valence-corrected chi connectivity index (χ1v) is 12.1. The van der Waals surface area contributed by atoms with Gasteiger partial charge in [-0.3, -0.25) is 14.9 Å². The van der Waals surface area contributed by atoms with Crippen LogP contribution in [0, 0.1) is 17.0 Å². The number of benzene rings is 2. The third-order valence-electron chi connectivity index (χ3n) is 5.82. The average molecular weight is 526 g/mol. The number of thiophene rings is 1. The van der Waals surface area contributed by atoms with Crippen LogP contribution in [-0.4, -0.2) is 51.7 Å². The molecule has 0 unspecified atom stereocenters. The highest BCUT2D eigenvalue weighted by atomic mass is 79.9. The van der Waals surface area contributed by atoms with Gasteiger partial charge in [0.25, 0.3) is 11.6 Å². The predicted molar refractivity (Wildman–Crippen MR) is 133 cm³/mol. The Labute approximate surface area is 202 Å². The van der Waals surface area contributed by atoms with Crippen LogP contribution >= 0.6 is 27.3 Å². The Balaban J connectivity index is 1.32. The molecule has 5 rings (SSSR count). The monoisotopic (exact) mass is 525 g/mol. The molecular weight excluding hydrogens is 506 g/mol. The number of anilines is 1. The van der Waals surface area contributed by atoms with E-state index >= 15 is 0 Å². The molecule has 8 nitrogen and oxygen atoms in total. The maximum Gasteiger partial charge on any atom is 0.269 e. The molecule has 0 radical (unpaired) electrons. The van der Waals surface area contributed by atoms with E-state index in [9.17, 15) is 14.9 Å². The first-order valence-electron chi connectivity index (χ1n) is 10.4. The first-order chi connectivity index (χ1) is 15.9. The summed E-state index contributed by atoms with van der Waals surface area (Å²) in [6, 6.07) is 16.4. The van der Waals surface area contributed by atoms with Gasteiger partial charge >= 0.3 is 0 Å². The molecule has 2 aromatic heterocycles. The summed E-state index contributed by atoms with van der Waals surface area (Å²) in [4.78, 5) is 29.4. The number of amides is 1. The number of nitro groups is 1. The minimum absolute atomic E-state index is 0.0290. The number of piperazine rings is 1. The van der Waals surface area contributed by atoms with Crippen LogP contribution in [0.5, 0.6) is 0 Å². The van der Waals surface area contributed by atoms with E-state index in [4.69, 9.17) is 0 Å². The van der Waals surface area contributed by atoms with Gasteiger partial charge in [-0.1, -0.05) is 15.9 Å². The van der Waals surface area contributed by atoms with Crippen LogP contribution < -0.4 is 4.90 Å². The number of hydrogen-bond acceptors (Lipinski definition) is 6. The van der Waals surface area contributed by atoms with Gasteiger partial charge in [0.05, 0.1) is 21.2 Å². The Kier molecular flexibility index (Phi) is 5.63. The van der Waals surface area contributed by atoms with E-state index in [1.54, 1.807) is 12.1 Å². The fraction of sp³-hybridized carbons (Fsp3) is 0.217. The number of rotatable bonds is 4. The minimum Gasteiger partial charge on any atom is -0.368 e. The Morgan fingerprint density at radius 3 is 2.30 bits per heavy atom. The quantitative estimate of drug-likeness (QED) is 0.275. The molecule has 0 spiro atoms. The molecule has 1 aliphatic heterocycles. The van der Waals surface area contributed by atoms with Gasteiger partial charge in [0.2, 0.25) is 0 Å². The number of hydrogen-bond donors (Lipinski definition) is 0. The zero-order valence-electron chi connectivity index (χ0n) is 17.8. The van der Waals surface area contributed by atoms with Crippen molar-refractivity contribution in [3.63, 3.8) is 0 Å². The van der Waals surface area contributed by atoms with E-state index in [1.807, 2.05) is 46.8 Å². The van der Waals surface area contributed by atoms with E-state index in [1.165, 1.54) is 23.5 Å². The number of halogens is 1. The van der Waals surface area contributed by atoms with Crippen molar-refractivity contribution in [3.8, 4) is 5.69 Å². The van der Waals surface area contributed by atoms with Crippen LogP contribution in [0.3, 0.4) is 0 Å². The number of aromatic nitrogens is 2. The Bertz CT molecular complexity index is 1340. The van der Waals surface area contributed by atoms with Gasteiger partial charge in [-0.05, 0) is 49.4 Å². The summed E-state index contributed by atoms with van der Waals surface area (Å²) in [5.74, 6) is 0.0290. The molecule has 3 heterocycles. The molecular formula is C23H20BrN5O3S. The largest absolute Gasteiger partial charge is 0.368 e. The zero-order valence-corrected chi connectivity index (χ0v) is 20.2. The fourth-order valence-corrected chi connectivity index (χ4v) is 5.43. The number of carbonyl (C=O) groups excluding carboxylic acids is 1. The lowest BCUT2D eigenvalue weighted by Gasteiger charge is -2.35. The first kappa shape index (κ1) is 21.6. The molecule has 2 aromatic carbocycles. The molecule has 0 atom stereocenters. The van der Waals surface area contributed by atoms with Gasteiger partial charge in [0, 0.05) is 53.9 Å². The molecule has 33 heavy (non-hydrogen) atoms. The second-order valence-electron chi connectivity index (χ2n) is 7.86. The lowest BCUT2D eigenvalue weighted by molar-refractivity contribution is -0.384. The summed E-state index contributed by atoms with van der Waals surface area (Å²) in [5.41, 5.74) is 2.86. The van der Waals surface area contributed by atoms with Crippen molar-refractivity contribution in [1.29, 1.82) is 0 Å². The van der Waals surface area contributed by atoms with Crippen LogP contribution in [-0.2, 0) is 0 Å². The lowest BCUT2D eigenvalue weighted by atomic mass is 10.2. The summed E-state index contributed by atoms with van der Waals surface area (Å²) in [6.07, 6.45) is 0. The van der Waals surface area contributed by atoms with E-state index in [0.29, 0.717) is 31.1 Å². The molecule has 1 saturated heterocycles. The Morgan fingerprint density at radius 1 is 1.03 bits per heavy atom. The van der Waals surface area contributed by atoms with E-state index < -0.39 is 4.92 Å². The van der Waals surface area contributed by atoms with Gasteiger partial charge in [0.1, 0.15) is 4.83 Å². The third kappa shape index (κ3) is 4.11. The fourth-order valence-electron chi connectivity index (χ4n) is 4.02. The smallest absolute Gasteiger partial charge is 0.269 e. The molecule has 0 saturated carbocycles. The highest BCUT2D eigenvalue weighted by molar-refractivity contribution is 9.10. The lowest BCUT2D eigenvalue weighted by Crippen LogP contribution is -2.48. The second-order valence-corrected chi connectivity index (χ2v) is 9.80. The SMILES string of the molecule is Cc1nn(-c2ccc(Br)cc2)c2sc(C(=O)N3CCN(c4ccc([N+](=O)[O-])cc4)CC3)cc12. The highest BCUT2D eigenvalue weighted by Crippen LogP contribution is 2.32. The predicted octanol–water partition coefficient (Wildman–Crippen LogP) is 5.03. The average Bonchev–Trinajstić information content (AvgIpc) is 3.40.